The van der Waals surface area contributed by atoms with Gasteiger partial charge in [0.15, 0.2) is 0 Å². The summed E-state index contributed by atoms with van der Waals surface area (Å²) in [5, 5.41) is 10.9. The van der Waals surface area contributed by atoms with Crippen molar-refractivity contribution in [1.29, 1.82) is 0 Å². The van der Waals surface area contributed by atoms with Crippen LogP contribution in [0.15, 0.2) is 18.5 Å². The molecular weight excluding hydrogens is 273 g/mol. The Morgan fingerprint density at radius 2 is 2.15 bits per heavy atom. The van der Waals surface area contributed by atoms with E-state index in [4.69, 9.17) is 5.11 Å². The summed E-state index contributed by atoms with van der Waals surface area (Å²) in [5.74, 6) is 4.49. The van der Waals surface area contributed by atoms with E-state index in [9.17, 15) is 18.0 Å². The number of carbonyl (C=O) groups excluding carboxylic acids is 1. The standard InChI is InChI=1S/C13H13F3N2O2/c14-13(15,16)4-2-5-18-12(20)11-7-10(3-1-6-19)8-17-9-11/h7-9,19H,2,4-6H2,(H,18,20). The quantitative estimate of drug-likeness (QED) is 0.651. The Hall–Kier alpha value is -2.07. The second-order valence-electron chi connectivity index (χ2n) is 3.90. The fraction of sp³-hybridized carbons (Fsp3) is 0.385. The van der Waals surface area contributed by atoms with Gasteiger partial charge in [0, 0.05) is 30.9 Å². The minimum absolute atomic E-state index is 0.0646. The zero-order valence-electron chi connectivity index (χ0n) is 10.5. The van der Waals surface area contributed by atoms with E-state index >= 15 is 0 Å². The molecule has 0 saturated heterocycles. The maximum absolute atomic E-state index is 11.9. The lowest BCUT2D eigenvalue weighted by molar-refractivity contribution is -0.135. The Labute approximate surface area is 114 Å². The van der Waals surface area contributed by atoms with Gasteiger partial charge in [0.25, 0.3) is 5.91 Å². The summed E-state index contributed by atoms with van der Waals surface area (Å²) in [6.07, 6.45) is -2.61. The Morgan fingerprint density at radius 3 is 2.80 bits per heavy atom. The topological polar surface area (TPSA) is 62.2 Å². The first-order valence-corrected chi connectivity index (χ1v) is 5.82. The normalized spacial score (nSPS) is 10.6. The summed E-state index contributed by atoms with van der Waals surface area (Å²) in [6.45, 7) is -0.376. The SMILES string of the molecule is O=C(NCCCC(F)(F)F)c1cncc(C#CCO)c1. The van der Waals surface area contributed by atoms with Crippen LogP contribution in [0.3, 0.4) is 0 Å². The van der Waals surface area contributed by atoms with Crippen molar-refractivity contribution in [2.75, 3.05) is 13.2 Å². The molecule has 0 aromatic carbocycles. The van der Waals surface area contributed by atoms with Crippen molar-refractivity contribution in [2.45, 2.75) is 19.0 Å². The maximum Gasteiger partial charge on any atom is 0.389 e. The number of aliphatic hydroxyl groups excluding tert-OH is 1. The fourth-order valence-electron chi connectivity index (χ4n) is 1.37. The molecule has 0 aliphatic heterocycles. The Morgan fingerprint density at radius 1 is 1.40 bits per heavy atom. The van der Waals surface area contributed by atoms with Crippen molar-refractivity contribution >= 4 is 5.91 Å². The van der Waals surface area contributed by atoms with Gasteiger partial charge in [-0.2, -0.15) is 13.2 Å². The molecule has 1 amide bonds. The van der Waals surface area contributed by atoms with E-state index in [0.717, 1.165) is 0 Å². The molecule has 1 aromatic rings. The number of amides is 1. The summed E-state index contributed by atoms with van der Waals surface area (Å²) in [7, 11) is 0. The van der Waals surface area contributed by atoms with E-state index < -0.39 is 18.5 Å². The van der Waals surface area contributed by atoms with Gasteiger partial charge in [-0.1, -0.05) is 11.8 Å². The first-order valence-electron chi connectivity index (χ1n) is 5.82. The fourth-order valence-corrected chi connectivity index (χ4v) is 1.37. The third-order valence-electron chi connectivity index (χ3n) is 2.23. The molecule has 4 nitrogen and oxygen atoms in total. The molecule has 0 bridgehead atoms. The number of rotatable bonds is 4. The van der Waals surface area contributed by atoms with Gasteiger partial charge in [-0.25, -0.2) is 0 Å². The zero-order valence-corrected chi connectivity index (χ0v) is 10.5. The van der Waals surface area contributed by atoms with E-state index in [-0.39, 0.29) is 25.1 Å². The van der Waals surface area contributed by atoms with Gasteiger partial charge in [-0.15, -0.1) is 0 Å². The molecule has 0 saturated carbocycles. The third kappa shape index (κ3) is 6.20. The van der Waals surface area contributed by atoms with Gasteiger partial charge in [0.05, 0.1) is 5.56 Å². The van der Waals surface area contributed by atoms with Gasteiger partial charge in [0.1, 0.15) is 6.61 Å². The molecule has 0 atom stereocenters. The summed E-state index contributed by atoms with van der Waals surface area (Å²) < 4.78 is 35.7. The van der Waals surface area contributed by atoms with E-state index in [2.05, 4.69) is 22.1 Å². The third-order valence-corrected chi connectivity index (χ3v) is 2.23. The predicted octanol–water partition coefficient (Wildman–Crippen LogP) is 1.50. The second-order valence-corrected chi connectivity index (χ2v) is 3.90. The Balaban J connectivity index is 2.51. The number of alkyl halides is 3. The first kappa shape index (κ1) is 16.0. The molecule has 0 spiro atoms. The molecule has 0 unspecified atom stereocenters. The van der Waals surface area contributed by atoms with E-state index in [0.29, 0.717) is 5.56 Å². The second kappa shape index (κ2) is 7.50. The van der Waals surface area contributed by atoms with Gasteiger partial charge in [-0.3, -0.25) is 9.78 Å². The predicted molar refractivity (Wildman–Crippen MR) is 65.8 cm³/mol. The van der Waals surface area contributed by atoms with Crippen LogP contribution < -0.4 is 5.32 Å². The maximum atomic E-state index is 11.9. The molecule has 7 heteroatoms. The monoisotopic (exact) mass is 286 g/mol. The van der Waals surface area contributed by atoms with Crippen LogP contribution in [-0.2, 0) is 0 Å². The van der Waals surface area contributed by atoms with Crippen molar-refractivity contribution in [1.82, 2.24) is 10.3 Å². The molecule has 0 aliphatic carbocycles. The number of nitrogens with zero attached hydrogens (tertiary/aromatic N) is 1. The molecule has 0 aliphatic rings. The number of hydrogen-bond donors (Lipinski definition) is 2. The number of aliphatic hydroxyl groups is 1. The summed E-state index contributed by atoms with van der Waals surface area (Å²) in [5.41, 5.74) is 0.656. The number of halogens is 3. The highest BCUT2D eigenvalue weighted by Gasteiger charge is 2.25. The van der Waals surface area contributed by atoms with Crippen LogP contribution in [-0.4, -0.2) is 35.3 Å². The minimum atomic E-state index is -4.22. The average molecular weight is 286 g/mol. The van der Waals surface area contributed by atoms with Crippen LogP contribution in [0, 0.1) is 11.8 Å². The van der Waals surface area contributed by atoms with Gasteiger partial charge in [-0.05, 0) is 12.5 Å². The van der Waals surface area contributed by atoms with E-state index in [1.807, 2.05) is 0 Å². The molecular formula is C13H13F3N2O2. The lowest BCUT2D eigenvalue weighted by Crippen LogP contribution is -2.25. The van der Waals surface area contributed by atoms with Crippen molar-refractivity contribution in [3.8, 4) is 11.8 Å². The van der Waals surface area contributed by atoms with E-state index in [1.165, 1.54) is 18.5 Å². The number of carbonyl (C=O) groups is 1. The van der Waals surface area contributed by atoms with Crippen molar-refractivity contribution in [3.05, 3.63) is 29.6 Å². The molecule has 0 radical (unpaired) electrons. The Bertz CT molecular complexity index is 518. The molecule has 0 fully saturated rings. The molecule has 1 heterocycles. The number of aromatic nitrogens is 1. The van der Waals surface area contributed by atoms with Crippen LogP contribution >= 0.6 is 0 Å². The van der Waals surface area contributed by atoms with Crippen molar-refractivity contribution < 1.29 is 23.1 Å². The molecule has 20 heavy (non-hydrogen) atoms. The van der Waals surface area contributed by atoms with E-state index in [1.54, 1.807) is 0 Å². The number of pyridine rings is 1. The minimum Gasteiger partial charge on any atom is -0.384 e. The first-order chi connectivity index (χ1) is 9.42. The molecule has 108 valence electrons. The lowest BCUT2D eigenvalue weighted by atomic mass is 10.2. The molecule has 1 aromatic heterocycles. The zero-order chi connectivity index (χ0) is 15.0. The summed E-state index contributed by atoms with van der Waals surface area (Å²) in [4.78, 5) is 15.5. The number of nitrogens with one attached hydrogen (secondary N) is 1. The smallest absolute Gasteiger partial charge is 0.384 e. The van der Waals surface area contributed by atoms with Crippen molar-refractivity contribution in [3.63, 3.8) is 0 Å². The highest BCUT2D eigenvalue weighted by atomic mass is 19.4. The van der Waals surface area contributed by atoms with Crippen molar-refractivity contribution in [2.24, 2.45) is 0 Å². The summed E-state index contributed by atoms with van der Waals surface area (Å²) in [6, 6.07) is 1.45. The van der Waals surface area contributed by atoms with Crippen LogP contribution in [0.1, 0.15) is 28.8 Å². The number of hydrogen-bond acceptors (Lipinski definition) is 3. The highest BCUT2D eigenvalue weighted by molar-refractivity contribution is 5.94. The van der Waals surface area contributed by atoms with Gasteiger partial charge in [0.2, 0.25) is 0 Å². The van der Waals surface area contributed by atoms with Crippen LogP contribution in [0.25, 0.3) is 0 Å². The van der Waals surface area contributed by atoms with Gasteiger partial charge < -0.3 is 10.4 Å². The highest BCUT2D eigenvalue weighted by Crippen LogP contribution is 2.20. The summed E-state index contributed by atoms with van der Waals surface area (Å²) >= 11 is 0. The molecule has 1 rings (SSSR count). The van der Waals surface area contributed by atoms with Gasteiger partial charge >= 0.3 is 6.18 Å². The Kier molecular flexibility index (Phi) is 6.00. The average Bonchev–Trinajstić information content (AvgIpc) is 2.40. The molecule has 2 N–H and O–H groups in total. The van der Waals surface area contributed by atoms with Crippen LogP contribution in [0.4, 0.5) is 13.2 Å². The van der Waals surface area contributed by atoms with Crippen LogP contribution in [0.5, 0.6) is 0 Å². The largest absolute Gasteiger partial charge is 0.389 e. The van der Waals surface area contributed by atoms with Crippen LogP contribution in [0.2, 0.25) is 0 Å². The lowest BCUT2D eigenvalue weighted by Gasteiger charge is -2.07.